The van der Waals surface area contributed by atoms with E-state index in [1.807, 2.05) is 116 Å². The first-order chi connectivity index (χ1) is 44.7. The number of esters is 4. The number of cyclic esters (lactones) is 4. The van der Waals surface area contributed by atoms with E-state index < -0.39 is 96.1 Å². The molecule has 3 fully saturated rings. The summed E-state index contributed by atoms with van der Waals surface area (Å²) in [4.78, 5) is 137. The van der Waals surface area contributed by atoms with Gasteiger partial charge in [-0.25, -0.2) is 29.1 Å². The molecule has 4 amide bonds. The number of likely N-dealkylation sites (N-methyl/N-ethyl adjacent to an activating group) is 4. The maximum absolute atomic E-state index is 15.2. The van der Waals surface area contributed by atoms with Crippen molar-refractivity contribution in [2.75, 3.05) is 80.8 Å². The third-order valence-electron chi connectivity index (χ3n) is 17.6. The quantitative estimate of drug-likeness (QED) is 0.0747. The Kier molecular flexibility index (Phi) is 27.3. The van der Waals surface area contributed by atoms with E-state index in [1.165, 1.54) is 51.8 Å². The van der Waals surface area contributed by atoms with Crippen LogP contribution < -0.4 is 0 Å². The summed E-state index contributed by atoms with van der Waals surface area (Å²) in [7, 11) is 5.62. The lowest BCUT2D eigenvalue weighted by atomic mass is 9.99. The molecule has 2 aromatic carbocycles. The number of amides is 4. The van der Waals surface area contributed by atoms with Gasteiger partial charge in [-0.1, -0.05) is 104 Å². The smallest absolute Gasteiger partial charge is 0.329 e. The van der Waals surface area contributed by atoms with Crippen molar-refractivity contribution < 1.29 is 66.8 Å². The van der Waals surface area contributed by atoms with Crippen LogP contribution in [0.1, 0.15) is 129 Å². The van der Waals surface area contributed by atoms with Crippen LogP contribution in [0.4, 0.5) is 0 Å². The summed E-state index contributed by atoms with van der Waals surface area (Å²) in [5.74, 6) is -5.67. The molecule has 0 N–H and O–H groups in total. The number of carbonyl (C=O) groups excluding carboxylic acids is 8. The molecule has 3 aliphatic heterocycles. The van der Waals surface area contributed by atoms with E-state index in [1.54, 1.807) is 12.4 Å². The van der Waals surface area contributed by atoms with Crippen LogP contribution in [0.5, 0.6) is 0 Å². The Morgan fingerprint density at radius 2 is 0.670 bits per heavy atom. The average molecular weight is 1310 g/mol. The Morgan fingerprint density at radius 1 is 0.394 bits per heavy atom. The maximum atomic E-state index is 15.2. The molecule has 94 heavy (non-hydrogen) atoms. The highest BCUT2D eigenvalue weighted by Crippen LogP contribution is 2.26. The van der Waals surface area contributed by atoms with Gasteiger partial charge in [-0.3, -0.25) is 29.0 Å². The number of carbonyl (C=O) groups is 8. The van der Waals surface area contributed by atoms with E-state index >= 15 is 9.59 Å². The third-order valence-corrected chi connectivity index (χ3v) is 17.6. The van der Waals surface area contributed by atoms with Gasteiger partial charge < -0.3 is 57.2 Å². The number of hydrogen-bond donors (Lipinski definition) is 0. The van der Waals surface area contributed by atoms with Gasteiger partial charge >= 0.3 is 23.9 Å². The topological polar surface area (TPSA) is 247 Å². The molecule has 0 radical (unpaired) electrons. The second kappa shape index (κ2) is 34.7. The molecular formula is C70H102N10O14. The van der Waals surface area contributed by atoms with E-state index in [9.17, 15) is 28.8 Å². The first-order valence-electron chi connectivity index (χ1n) is 33.3. The highest BCUT2D eigenvalue weighted by Gasteiger charge is 2.43. The van der Waals surface area contributed by atoms with Gasteiger partial charge in [0, 0.05) is 105 Å². The fourth-order valence-corrected chi connectivity index (χ4v) is 12.1. The molecule has 3 aliphatic rings. The van der Waals surface area contributed by atoms with Gasteiger partial charge in [0.1, 0.15) is 35.8 Å². The number of nitrogens with zero attached hydrogens (tertiary/aromatic N) is 10. The van der Waals surface area contributed by atoms with Crippen LogP contribution in [0.2, 0.25) is 0 Å². The molecule has 0 saturated carbocycles. The second-order valence-electron chi connectivity index (χ2n) is 27.1. The number of benzene rings is 2. The van der Waals surface area contributed by atoms with Crippen molar-refractivity contribution in [1.29, 1.82) is 0 Å². The lowest BCUT2D eigenvalue weighted by Crippen LogP contribution is -2.55. The minimum absolute atomic E-state index is 0.0760. The van der Waals surface area contributed by atoms with Crippen molar-refractivity contribution in [1.82, 2.24) is 48.5 Å². The fraction of sp³-hybridized carbons (Fsp3) is 0.629. The average Bonchev–Trinajstić information content (AvgIpc) is 1.17. The Hall–Kier alpha value is -7.54. The molecule has 4 aromatic rings. The zero-order valence-corrected chi connectivity index (χ0v) is 57.8. The second-order valence-corrected chi connectivity index (χ2v) is 27.1. The minimum atomic E-state index is -1.55. The molecule has 2 aromatic heterocycles. The first kappa shape index (κ1) is 73.9. The van der Waals surface area contributed by atoms with Gasteiger partial charge in [0.05, 0.1) is 39.5 Å². The zero-order valence-electron chi connectivity index (χ0n) is 57.8. The number of morpholine rings is 2. The Bertz CT molecular complexity index is 2930. The third kappa shape index (κ3) is 20.7. The van der Waals surface area contributed by atoms with E-state index in [0.717, 1.165) is 58.8 Å². The van der Waals surface area contributed by atoms with Crippen molar-refractivity contribution >= 4 is 47.5 Å². The van der Waals surface area contributed by atoms with Crippen molar-refractivity contribution in [3.63, 3.8) is 0 Å². The van der Waals surface area contributed by atoms with Crippen LogP contribution in [0.15, 0.2) is 73.3 Å². The van der Waals surface area contributed by atoms with E-state index in [0.29, 0.717) is 63.7 Å². The highest BCUT2D eigenvalue weighted by molar-refractivity contribution is 5.94. The predicted molar refractivity (Wildman–Crippen MR) is 350 cm³/mol. The highest BCUT2D eigenvalue weighted by atomic mass is 16.6. The van der Waals surface area contributed by atoms with Crippen molar-refractivity contribution in [3.8, 4) is 0 Å². The summed E-state index contributed by atoms with van der Waals surface area (Å²) in [5, 5.41) is 0. The molecule has 24 nitrogen and oxygen atoms in total. The summed E-state index contributed by atoms with van der Waals surface area (Å²) >= 11 is 0. The number of hydrogen-bond acceptors (Lipinski definition) is 18. The molecule has 7 rings (SSSR count). The van der Waals surface area contributed by atoms with Gasteiger partial charge in [0.2, 0.25) is 0 Å². The SMILES string of the molecule is CC(C)C[C@H]1C(=O)O[C@H](Cc2ccc(Cn3ccnc3CN3CCOCC3)cc2)C(=O)N(C)[C@@H](CC(C)C)C(=O)O[C@H](C)C(=O)N(C)[C@@H](CC(C)C)C(=O)O[C@H](Cc2ccc(Cn3ccnc3CN3CCOCC3)cc2)C(=O)N(C)[C@@H](CC(C)C)C(=O)O[C@H](C)C(=O)N1C. The molecule has 0 unspecified atom stereocenters. The molecule has 3 saturated heterocycles. The Balaban J connectivity index is 1.21. The molecule has 516 valence electrons. The summed E-state index contributed by atoms with van der Waals surface area (Å²) in [6, 6.07) is 9.86. The number of aromatic nitrogens is 4. The Morgan fingerprint density at radius 3 is 0.968 bits per heavy atom. The summed E-state index contributed by atoms with van der Waals surface area (Å²) in [6.07, 6.45) is 1.33. The van der Waals surface area contributed by atoms with Crippen LogP contribution in [0, 0.1) is 23.7 Å². The van der Waals surface area contributed by atoms with Crippen LogP contribution in [0.3, 0.4) is 0 Å². The number of imidazole rings is 2. The molecule has 5 heterocycles. The predicted octanol–water partition coefficient (Wildman–Crippen LogP) is 5.82. The molecule has 0 bridgehead atoms. The molecule has 24 heteroatoms. The summed E-state index contributed by atoms with van der Waals surface area (Å²) in [5.41, 5.74) is 3.13. The number of rotatable bonds is 20. The van der Waals surface area contributed by atoms with Crippen LogP contribution >= 0.6 is 0 Å². The normalized spacial score (nSPS) is 23.9. The van der Waals surface area contributed by atoms with Crippen molar-refractivity contribution in [2.45, 2.75) is 183 Å². The van der Waals surface area contributed by atoms with Crippen LogP contribution in [0.25, 0.3) is 0 Å². The van der Waals surface area contributed by atoms with Crippen molar-refractivity contribution in [3.05, 3.63) is 107 Å². The van der Waals surface area contributed by atoms with E-state index in [-0.39, 0.29) is 62.2 Å². The molecule has 8 atom stereocenters. The summed E-state index contributed by atoms with van der Waals surface area (Å²) < 4.78 is 39.8. The Labute approximate surface area is 554 Å². The number of ether oxygens (including phenoxy) is 6. The summed E-state index contributed by atoms with van der Waals surface area (Å²) in [6.45, 7) is 25.9. The standard InChI is InChI=1S/C70H102N10O14/c1-45(2)35-55-67(85)91-49(9)63(81)73(11)58(38-48(7)8)70(88)94-60(40-52-17-21-54(22-18-52)42-80-26-24-72-62(80)44-78-29-33-90-34-30-78)66(84)76(14)56(36-46(3)4)68(86)92-50(10)64(82)74(12)57(37-47(5)6)69(87)93-59(65(83)75(55)13)39-51-15-19-53(20-16-51)41-79-25-23-71-61(79)43-77-27-31-89-32-28-77/h15-26,45-50,55-60H,27-44H2,1-14H3/t49-,50-,55+,56+,57+,58+,59-,60-/m1/s1. The molecule has 0 aliphatic carbocycles. The van der Waals surface area contributed by atoms with Crippen molar-refractivity contribution in [2.24, 2.45) is 23.7 Å². The van der Waals surface area contributed by atoms with Gasteiger partial charge in [-0.2, -0.15) is 0 Å². The van der Waals surface area contributed by atoms with E-state index in [2.05, 4.69) is 28.9 Å². The zero-order chi connectivity index (χ0) is 68.5. The lowest BCUT2D eigenvalue weighted by molar-refractivity contribution is -0.176. The van der Waals surface area contributed by atoms with Gasteiger partial charge in [-0.05, 0) is 85.5 Å². The first-order valence-corrected chi connectivity index (χ1v) is 33.3. The fourth-order valence-electron chi connectivity index (χ4n) is 12.1. The molecular weight excluding hydrogens is 1200 g/mol. The van der Waals surface area contributed by atoms with E-state index in [4.69, 9.17) is 28.4 Å². The van der Waals surface area contributed by atoms with Crippen LogP contribution in [-0.4, -0.2) is 225 Å². The lowest BCUT2D eigenvalue weighted by Gasteiger charge is -2.35. The largest absolute Gasteiger partial charge is 0.451 e. The van der Waals surface area contributed by atoms with Gasteiger partial charge in [0.15, 0.2) is 24.4 Å². The minimum Gasteiger partial charge on any atom is -0.451 e. The van der Waals surface area contributed by atoms with Gasteiger partial charge in [-0.15, -0.1) is 0 Å². The molecule has 0 spiro atoms. The monoisotopic (exact) mass is 1310 g/mol. The van der Waals surface area contributed by atoms with Crippen LogP contribution in [-0.2, 0) is 106 Å². The maximum Gasteiger partial charge on any atom is 0.329 e. The van der Waals surface area contributed by atoms with Gasteiger partial charge in [0.25, 0.3) is 23.6 Å².